The number of hydrogen-bond acceptors (Lipinski definition) is 4. The fourth-order valence-corrected chi connectivity index (χ4v) is 1.10. The number of nitro benzene ring substituents is 1. The monoisotopic (exact) mass is 344 g/mol. The van der Waals surface area contributed by atoms with Crippen LogP contribution in [0.15, 0.2) is 29.3 Å². The summed E-state index contributed by atoms with van der Waals surface area (Å²) in [5.74, 6) is 0.0353. The number of carbonyl (C=O) groups is 1. The predicted octanol–water partition coefficient (Wildman–Crippen LogP) is 4.10. The molecule has 0 unspecified atom stereocenters. The zero-order chi connectivity index (χ0) is 14.6. The number of carbonyl (C=O) groups excluding carboxylic acids is 1. The average molecular weight is 346 g/mol. The van der Waals surface area contributed by atoms with Gasteiger partial charge in [0.05, 0.1) is 4.92 Å². The maximum absolute atomic E-state index is 11.3. The van der Waals surface area contributed by atoms with Gasteiger partial charge in [0.1, 0.15) is 5.75 Å². The van der Waals surface area contributed by atoms with Gasteiger partial charge in [0.15, 0.2) is 5.17 Å². The normalized spacial score (nSPS) is 12.1. The fraction of sp³-hybridized carbons (Fsp3) is 0.111. The molecule has 1 amide bonds. The average Bonchev–Trinajstić information content (AvgIpc) is 2.28. The van der Waals surface area contributed by atoms with Crippen LogP contribution in [0.5, 0.6) is 5.75 Å². The topological polar surface area (TPSA) is 81.8 Å². The Bertz CT molecular complexity index is 524. The molecule has 1 aromatic carbocycles. The Labute approximate surface area is 127 Å². The number of amides is 1. The van der Waals surface area contributed by atoms with Gasteiger partial charge in [0, 0.05) is 12.1 Å². The summed E-state index contributed by atoms with van der Waals surface area (Å²) in [5.41, 5.74) is -0.150. The highest BCUT2D eigenvalue weighted by molar-refractivity contribution is 6.89. The van der Waals surface area contributed by atoms with Gasteiger partial charge in [0.25, 0.3) is 5.69 Å². The molecular formula is C9H4Cl4N2O4. The first kappa shape index (κ1) is 16.0. The van der Waals surface area contributed by atoms with Crippen LogP contribution in [-0.2, 0) is 0 Å². The van der Waals surface area contributed by atoms with Crippen molar-refractivity contribution in [2.24, 2.45) is 4.99 Å². The molecule has 0 aliphatic rings. The second kappa shape index (κ2) is 6.38. The largest absolute Gasteiger partial charge is 0.440 e. The minimum Gasteiger partial charge on any atom is -0.409 e. The smallest absolute Gasteiger partial charge is 0.409 e. The van der Waals surface area contributed by atoms with E-state index in [9.17, 15) is 14.9 Å². The molecule has 19 heavy (non-hydrogen) atoms. The maximum atomic E-state index is 11.3. The summed E-state index contributed by atoms with van der Waals surface area (Å²) in [5, 5.41) is 9.83. The Morgan fingerprint density at radius 3 is 2.21 bits per heavy atom. The second-order valence-electron chi connectivity index (χ2n) is 3.02. The fourth-order valence-electron chi connectivity index (χ4n) is 0.903. The Kier molecular flexibility index (Phi) is 5.37. The molecule has 0 atom stereocenters. The molecule has 0 aliphatic carbocycles. The first-order chi connectivity index (χ1) is 8.70. The molecule has 0 bridgehead atoms. The molecule has 10 heteroatoms. The highest BCUT2D eigenvalue weighted by Crippen LogP contribution is 2.30. The highest BCUT2D eigenvalue weighted by atomic mass is 35.6. The van der Waals surface area contributed by atoms with Crippen LogP contribution in [-0.4, -0.2) is 20.0 Å². The number of hydrogen-bond donors (Lipinski definition) is 0. The van der Waals surface area contributed by atoms with Gasteiger partial charge in [0.2, 0.25) is 3.79 Å². The van der Waals surface area contributed by atoms with E-state index in [0.29, 0.717) is 0 Å². The SMILES string of the molecule is O=C(N=C(Cl)C(Cl)(Cl)Cl)Oc1ccc([N+](=O)[O-])cc1. The lowest BCUT2D eigenvalue weighted by atomic mass is 10.3. The van der Waals surface area contributed by atoms with Crippen LogP contribution in [0.4, 0.5) is 10.5 Å². The van der Waals surface area contributed by atoms with Crippen molar-refractivity contribution in [2.75, 3.05) is 0 Å². The van der Waals surface area contributed by atoms with Crippen molar-refractivity contribution in [3.8, 4) is 5.75 Å². The number of non-ortho nitro benzene ring substituents is 1. The Balaban J connectivity index is 2.75. The van der Waals surface area contributed by atoms with Crippen LogP contribution >= 0.6 is 46.4 Å². The van der Waals surface area contributed by atoms with E-state index in [0.717, 1.165) is 12.1 Å². The molecule has 0 fully saturated rings. The molecule has 1 rings (SSSR count). The van der Waals surface area contributed by atoms with Crippen molar-refractivity contribution in [1.82, 2.24) is 0 Å². The predicted molar refractivity (Wildman–Crippen MR) is 72.7 cm³/mol. The van der Waals surface area contributed by atoms with Crippen LogP contribution in [0.3, 0.4) is 0 Å². The summed E-state index contributed by atoms with van der Waals surface area (Å²) < 4.78 is 2.67. The van der Waals surface area contributed by atoms with Crippen LogP contribution in [0.2, 0.25) is 0 Å². The summed E-state index contributed by atoms with van der Waals surface area (Å²) in [4.78, 5) is 24.3. The number of nitro groups is 1. The lowest BCUT2D eigenvalue weighted by molar-refractivity contribution is -0.384. The number of ether oxygens (including phenoxy) is 1. The third-order valence-corrected chi connectivity index (χ3v) is 2.87. The zero-order valence-electron chi connectivity index (χ0n) is 8.85. The molecule has 0 aromatic heterocycles. The Hall–Kier alpha value is -1.08. The van der Waals surface area contributed by atoms with E-state index in [-0.39, 0.29) is 11.4 Å². The van der Waals surface area contributed by atoms with E-state index in [2.05, 4.69) is 4.99 Å². The van der Waals surface area contributed by atoms with Crippen LogP contribution in [0.25, 0.3) is 0 Å². The Morgan fingerprint density at radius 2 is 1.79 bits per heavy atom. The van der Waals surface area contributed by atoms with Gasteiger partial charge in [-0.2, -0.15) is 4.99 Å². The van der Waals surface area contributed by atoms with E-state index in [4.69, 9.17) is 51.1 Å². The summed E-state index contributed by atoms with van der Waals surface area (Å²) >= 11 is 21.6. The lowest BCUT2D eigenvalue weighted by Gasteiger charge is -2.07. The van der Waals surface area contributed by atoms with Gasteiger partial charge in [-0.15, -0.1) is 0 Å². The molecule has 0 spiro atoms. The van der Waals surface area contributed by atoms with Crippen LogP contribution in [0, 0.1) is 10.1 Å². The van der Waals surface area contributed by atoms with Gasteiger partial charge < -0.3 is 4.74 Å². The quantitative estimate of drug-likeness (QED) is 0.349. The third kappa shape index (κ3) is 5.20. The highest BCUT2D eigenvalue weighted by Gasteiger charge is 2.27. The number of nitrogens with zero attached hydrogens (tertiary/aromatic N) is 2. The zero-order valence-corrected chi connectivity index (χ0v) is 11.9. The summed E-state index contributed by atoms with van der Waals surface area (Å²) in [6.07, 6.45) is -1.12. The molecule has 1 aromatic rings. The van der Waals surface area contributed by atoms with E-state index in [1.54, 1.807) is 0 Å². The summed E-state index contributed by atoms with van der Waals surface area (Å²) in [7, 11) is 0. The molecule has 0 saturated heterocycles. The molecule has 0 radical (unpaired) electrons. The number of rotatable bonds is 2. The van der Waals surface area contributed by atoms with Crippen molar-refractivity contribution in [2.45, 2.75) is 3.79 Å². The van der Waals surface area contributed by atoms with Gasteiger partial charge in [-0.25, -0.2) is 4.79 Å². The van der Waals surface area contributed by atoms with Gasteiger partial charge in [-0.3, -0.25) is 10.1 Å². The molecule has 0 N–H and O–H groups in total. The first-order valence-electron chi connectivity index (χ1n) is 4.48. The van der Waals surface area contributed by atoms with E-state index in [1.807, 2.05) is 0 Å². The number of alkyl halides is 3. The molecular weight excluding hydrogens is 342 g/mol. The van der Waals surface area contributed by atoms with E-state index < -0.39 is 20.0 Å². The molecule has 102 valence electrons. The van der Waals surface area contributed by atoms with Crippen molar-refractivity contribution >= 4 is 63.4 Å². The van der Waals surface area contributed by atoms with Gasteiger partial charge in [-0.05, 0) is 12.1 Å². The third-order valence-electron chi connectivity index (χ3n) is 1.68. The van der Waals surface area contributed by atoms with Gasteiger partial charge in [-0.1, -0.05) is 46.4 Å². The first-order valence-corrected chi connectivity index (χ1v) is 5.99. The van der Waals surface area contributed by atoms with Crippen molar-refractivity contribution in [3.63, 3.8) is 0 Å². The van der Waals surface area contributed by atoms with Crippen molar-refractivity contribution in [3.05, 3.63) is 34.4 Å². The van der Waals surface area contributed by atoms with Crippen molar-refractivity contribution in [1.29, 1.82) is 0 Å². The minimum atomic E-state index is -2.03. The van der Waals surface area contributed by atoms with Crippen LogP contribution in [0.1, 0.15) is 0 Å². The number of benzene rings is 1. The summed E-state index contributed by atoms with van der Waals surface area (Å²) in [6, 6.07) is 4.75. The van der Waals surface area contributed by atoms with E-state index >= 15 is 0 Å². The lowest BCUT2D eigenvalue weighted by Crippen LogP contribution is -2.16. The molecule has 0 aliphatic heterocycles. The Morgan fingerprint density at radius 1 is 1.26 bits per heavy atom. The maximum Gasteiger partial charge on any atom is 0.440 e. The second-order valence-corrected chi connectivity index (χ2v) is 5.66. The molecule has 0 heterocycles. The summed E-state index contributed by atoms with van der Waals surface area (Å²) in [6.45, 7) is 0. The number of halogens is 4. The minimum absolute atomic E-state index is 0.0353. The van der Waals surface area contributed by atoms with Gasteiger partial charge >= 0.3 is 6.09 Å². The van der Waals surface area contributed by atoms with Crippen LogP contribution < -0.4 is 4.74 Å². The van der Waals surface area contributed by atoms with E-state index in [1.165, 1.54) is 12.1 Å². The number of aliphatic imine (C=N–C) groups is 1. The standard InChI is InChI=1S/C9H4Cl4N2O4/c10-7(9(11,12)13)14-8(16)19-6-3-1-5(2-4-6)15(17)18/h1-4H. The molecule has 6 nitrogen and oxygen atoms in total. The van der Waals surface area contributed by atoms with Crippen molar-refractivity contribution < 1.29 is 14.5 Å². The molecule has 0 saturated carbocycles.